The fourth-order valence-corrected chi connectivity index (χ4v) is 3.81. The molecule has 0 saturated carbocycles. The minimum absolute atomic E-state index is 0.221. The summed E-state index contributed by atoms with van der Waals surface area (Å²) < 4.78 is 27.0. The summed E-state index contributed by atoms with van der Waals surface area (Å²) in [6.45, 7) is 1.14. The highest BCUT2D eigenvalue weighted by Crippen LogP contribution is 2.33. The Labute approximate surface area is 177 Å². The second kappa shape index (κ2) is 8.41. The predicted octanol–water partition coefficient (Wildman–Crippen LogP) is 3.22. The van der Waals surface area contributed by atoms with Crippen molar-refractivity contribution >= 4 is 17.5 Å². The Morgan fingerprint density at radius 3 is 2.93 bits per heavy atom. The lowest BCUT2D eigenvalue weighted by Gasteiger charge is -2.35. The Kier molecular flexibility index (Phi) is 5.69. The molecule has 1 aliphatic rings. The molecule has 1 atom stereocenters. The monoisotopic (exact) mass is 430 g/mol. The van der Waals surface area contributed by atoms with Crippen LogP contribution in [0.5, 0.6) is 5.75 Å². The maximum atomic E-state index is 14.4. The number of nitrogens with zero attached hydrogens (tertiary/aromatic N) is 4. The van der Waals surface area contributed by atoms with Crippen molar-refractivity contribution in [3.05, 3.63) is 69.5 Å². The Bertz CT molecular complexity index is 1120. The van der Waals surface area contributed by atoms with E-state index >= 15 is 0 Å². The van der Waals surface area contributed by atoms with Gasteiger partial charge in [0.2, 0.25) is 5.95 Å². The van der Waals surface area contributed by atoms with E-state index in [-0.39, 0.29) is 5.56 Å². The van der Waals surface area contributed by atoms with Crippen LogP contribution in [0, 0.1) is 5.82 Å². The zero-order chi connectivity index (χ0) is 21.3. The molecule has 7 nitrogen and oxygen atoms in total. The van der Waals surface area contributed by atoms with Crippen LogP contribution in [0.4, 0.5) is 10.3 Å². The smallest absolute Gasteiger partial charge is 0.255 e. The molecule has 1 saturated heterocycles. The molecule has 3 aromatic rings. The van der Waals surface area contributed by atoms with E-state index in [1.165, 1.54) is 23.8 Å². The van der Waals surface area contributed by atoms with Gasteiger partial charge in [0, 0.05) is 42.0 Å². The summed E-state index contributed by atoms with van der Waals surface area (Å²) in [5.41, 5.74) is 1.22. The zero-order valence-electron chi connectivity index (χ0n) is 16.5. The van der Waals surface area contributed by atoms with Crippen LogP contribution in [-0.2, 0) is 11.8 Å². The lowest BCUT2D eigenvalue weighted by Crippen LogP contribution is -2.42. The number of pyridine rings is 1. The average molecular weight is 431 g/mol. The minimum atomic E-state index is -0.580. The van der Waals surface area contributed by atoms with E-state index < -0.39 is 11.9 Å². The molecule has 1 aliphatic heterocycles. The first-order chi connectivity index (χ1) is 14.5. The van der Waals surface area contributed by atoms with E-state index in [9.17, 15) is 9.18 Å². The Morgan fingerprint density at radius 2 is 2.17 bits per heavy atom. The van der Waals surface area contributed by atoms with Crippen molar-refractivity contribution in [3.8, 4) is 17.0 Å². The summed E-state index contributed by atoms with van der Waals surface area (Å²) in [7, 11) is 3.19. The molecular formula is C21H20ClFN4O3. The van der Waals surface area contributed by atoms with Crippen LogP contribution >= 0.6 is 11.6 Å². The molecule has 30 heavy (non-hydrogen) atoms. The number of rotatable bonds is 4. The van der Waals surface area contributed by atoms with Crippen molar-refractivity contribution < 1.29 is 13.9 Å². The molecule has 0 N–H and O–H groups in total. The summed E-state index contributed by atoms with van der Waals surface area (Å²) in [4.78, 5) is 23.3. The fourth-order valence-electron chi connectivity index (χ4n) is 3.53. The van der Waals surface area contributed by atoms with Gasteiger partial charge in [0.1, 0.15) is 17.7 Å². The van der Waals surface area contributed by atoms with Crippen molar-refractivity contribution in [3.63, 3.8) is 0 Å². The number of halogens is 2. The standard InChI is InChI=1S/C21H20ClFN4O3/c1-26-19(28)10-16(13-6-7-24-11-17(13)29-2)25-21(26)27-8-9-30-18(12-27)20-14(22)4-3-5-15(20)23/h3-7,10-11,18H,8-9,12H2,1-2H3. The molecular weight excluding hydrogens is 411 g/mol. The van der Waals surface area contributed by atoms with Gasteiger partial charge in [-0.15, -0.1) is 0 Å². The molecule has 3 heterocycles. The number of morpholine rings is 1. The quantitative estimate of drug-likeness (QED) is 0.633. The van der Waals surface area contributed by atoms with E-state index in [0.717, 1.165) is 0 Å². The summed E-state index contributed by atoms with van der Waals surface area (Å²) in [6, 6.07) is 7.73. The number of hydrogen-bond donors (Lipinski definition) is 0. The van der Waals surface area contributed by atoms with Crippen molar-refractivity contribution in [2.75, 3.05) is 31.7 Å². The van der Waals surface area contributed by atoms with Gasteiger partial charge in [0.25, 0.3) is 5.56 Å². The third-order valence-electron chi connectivity index (χ3n) is 5.06. The average Bonchev–Trinajstić information content (AvgIpc) is 2.75. The zero-order valence-corrected chi connectivity index (χ0v) is 17.3. The van der Waals surface area contributed by atoms with Gasteiger partial charge < -0.3 is 14.4 Å². The highest BCUT2D eigenvalue weighted by Gasteiger charge is 2.28. The Morgan fingerprint density at radius 1 is 1.33 bits per heavy atom. The molecule has 1 unspecified atom stereocenters. The molecule has 156 valence electrons. The van der Waals surface area contributed by atoms with E-state index in [4.69, 9.17) is 26.1 Å². The number of hydrogen-bond acceptors (Lipinski definition) is 6. The van der Waals surface area contributed by atoms with E-state index in [2.05, 4.69) is 4.98 Å². The fraction of sp³-hybridized carbons (Fsp3) is 0.286. The second-order valence-corrected chi connectivity index (χ2v) is 7.26. The number of aromatic nitrogens is 3. The molecule has 9 heteroatoms. The maximum Gasteiger partial charge on any atom is 0.255 e. The van der Waals surface area contributed by atoms with Gasteiger partial charge in [-0.25, -0.2) is 9.37 Å². The minimum Gasteiger partial charge on any atom is -0.494 e. The van der Waals surface area contributed by atoms with Crippen molar-refractivity contribution in [1.29, 1.82) is 0 Å². The van der Waals surface area contributed by atoms with Crippen LogP contribution in [0.3, 0.4) is 0 Å². The number of methoxy groups -OCH3 is 1. The van der Waals surface area contributed by atoms with E-state index in [1.807, 2.05) is 4.90 Å². The third-order valence-corrected chi connectivity index (χ3v) is 5.39. The van der Waals surface area contributed by atoms with Crippen LogP contribution in [0.25, 0.3) is 11.3 Å². The molecule has 0 radical (unpaired) electrons. The van der Waals surface area contributed by atoms with Crippen LogP contribution in [0.1, 0.15) is 11.7 Å². The van der Waals surface area contributed by atoms with Crippen molar-refractivity contribution in [2.24, 2.45) is 7.05 Å². The normalized spacial score (nSPS) is 16.5. The summed E-state index contributed by atoms with van der Waals surface area (Å²) in [6.07, 6.45) is 2.60. The van der Waals surface area contributed by atoms with Gasteiger partial charge in [-0.3, -0.25) is 14.3 Å². The lowest BCUT2D eigenvalue weighted by atomic mass is 10.1. The summed E-state index contributed by atoms with van der Waals surface area (Å²) in [5.74, 6) is 0.547. The first-order valence-electron chi connectivity index (χ1n) is 9.36. The Balaban J connectivity index is 1.73. The van der Waals surface area contributed by atoms with Crippen LogP contribution in [0.15, 0.2) is 47.5 Å². The van der Waals surface area contributed by atoms with Gasteiger partial charge >= 0.3 is 0 Å². The van der Waals surface area contributed by atoms with Crippen LogP contribution in [-0.4, -0.2) is 41.3 Å². The second-order valence-electron chi connectivity index (χ2n) is 6.86. The molecule has 2 aromatic heterocycles. The Hall–Kier alpha value is -2.97. The molecule has 0 aliphatic carbocycles. The van der Waals surface area contributed by atoms with Gasteiger partial charge in [-0.1, -0.05) is 17.7 Å². The third kappa shape index (κ3) is 3.76. The molecule has 1 aromatic carbocycles. The predicted molar refractivity (Wildman–Crippen MR) is 112 cm³/mol. The first kappa shape index (κ1) is 20.3. The molecule has 0 bridgehead atoms. The topological polar surface area (TPSA) is 69.5 Å². The SMILES string of the molecule is COc1cnccc1-c1cc(=O)n(C)c(N2CCOC(c3c(F)cccc3Cl)C2)n1. The lowest BCUT2D eigenvalue weighted by molar-refractivity contribution is 0.0368. The van der Waals surface area contributed by atoms with Crippen molar-refractivity contribution in [2.45, 2.75) is 6.10 Å². The maximum absolute atomic E-state index is 14.4. The van der Waals surface area contributed by atoms with Gasteiger partial charge in [-0.2, -0.15) is 0 Å². The van der Waals surface area contributed by atoms with Gasteiger partial charge in [0.05, 0.1) is 32.2 Å². The summed E-state index contributed by atoms with van der Waals surface area (Å²) >= 11 is 6.22. The van der Waals surface area contributed by atoms with E-state index in [1.54, 1.807) is 37.6 Å². The molecule has 4 rings (SSSR count). The van der Waals surface area contributed by atoms with Crippen LogP contribution < -0.4 is 15.2 Å². The molecule has 0 amide bonds. The number of benzene rings is 1. The first-order valence-corrected chi connectivity index (χ1v) is 9.74. The highest BCUT2D eigenvalue weighted by molar-refractivity contribution is 6.31. The van der Waals surface area contributed by atoms with Gasteiger partial charge in [-0.05, 0) is 18.2 Å². The largest absolute Gasteiger partial charge is 0.494 e. The van der Waals surface area contributed by atoms with Crippen LogP contribution in [0.2, 0.25) is 5.02 Å². The number of ether oxygens (including phenoxy) is 2. The van der Waals surface area contributed by atoms with Crippen molar-refractivity contribution in [1.82, 2.24) is 14.5 Å². The molecule has 0 spiro atoms. The van der Waals surface area contributed by atoms with E-state index in [0.29, 0.717) is 53.2 Å². The van der Waals surface area contributed by atoms with Gasteiger partial charge in [0.15, 0.2) is 0 Å². The highest BCUT2D eigenvalue weighted by atomic mass is 35.5. The summed E-state index contributed by atoms with van der Waals surface area (Å²) in [5, 5.41) is 0.305. The molecule has 1 fully saturated rings. The number of anilines is 1.